The maximum atomic E-state index is 12.9. The van der Waals surface area contributed by atoms with Crippen molar-refractivity contribution in [1.29, 1.82) is 0 Å². The molecule has 0 aliphatic rings. The van der Waals surface area contributed by atoms with Crippen molar-refractivity contribution in [2.24, 2.45) is 0 Å². The average Bonchev–Trinajstić information content (AvgIpc) is 3.56. The second-order valence-corrected chi connectivity index (χ2v) is 27.0. The van der Waals surface area contributed by atoms with Crippen molar-refractivity contribution in [1.82, 2.24) is 0 Å². The Balaban J connectivity index is 4.04. The van der Waals surface area contributed by atoms with Gasteiger partial charge in [-0.1, -0.05) is 336 Å². The smallest absolute Gasteiger partial charge is 0.306 e. The zero-order chi connectivity index (χ0) is 62.6. The number of carbonyl (C=O) groups is 2. The number of hydrogen-bond acceptors (Lipinski definition) is 8. The van der Waals surface area contributed by atoms with Gasteiger partial charge in [0.2, 0.25) is 0 Å². The lowest BCUT2D eigenvalue weighted by Crippen LogP contribution is -2.37. The van der Waals surface area contributed by atoms with Gasteiger partial charge in [0.15, 0.2) is 6.10 Å². The third-order valence-electron chi connectivity index (χ3n) is 15.9. The summed E-state index contributed by atoms with van der Waals surface area (Å²) in [5, 5.41) is 0. The second-order valence-electron chi connectivity index (χ2n) is 25.6. The standard InChI is InChI=1S/C76H138NO8P/c1-6-8-10-12-14-16-18-20-22-24-26-28-30-32-34-36-38-40-42-44-46-48-50-52-54-56-58-60-62-64-66-68-75(78)82-72-74(73-84-86(80,81)83-71-70-77(3,4)5)85-76(79)69-67-65-63-61-59-57-55-53-51-49-47-45-43-41-39-37-35-33-31-29-27-25-23-21-19-17-15-13-11-9-7-2/h9,11,15,17,21,23,27,29,33,35,39,41,45,47,74H,6-8,10,12-14,16,18-20,22,24-26,28,30-32,34,36-38,40,42-44,46,48-73H2,1-5H3/b11-9-,17-15-,23-21-,29-27-,35-33-,41-39-,47-45-. The van der Waals surface area contributed by atoms with Crippen LogP contribution in [0.5, 0.6) is 0 Å². The highest BCUT2D eigenvalue weighted by molar-refractivity contribution is 7.45. The second kappa shape index (κ2) is 66.6. The summed E-state index contributed by atoms with van der Waals surface area (Å²) >= 11 is 0. The highest BCUT2D eigenvalue weighted by Crippen LogP contribution is 2.38. The van der Waals surface area contributed by atoms with Crippen LogP contribution in [0, 0.1) is 0 Å². The van der Waals surface area contributed by atoms with Gasteiger partial charge in [0.1, 0.15) is 19.8 Å². The van der Waals surface area contributed by atoms with Gasteiger partial charge in [-0.3, -0.25) is 14.2 Å². The Morgan fingerprint density at radius 3 is 0.988 bits per heavy atom. The number of hydrogen-bond donors (Lipinski definition) is 0. The predicted octanol–water partition coefficient (Wildman–Crippen LogP) is 23.1. The number of esters is 2. The van der Waals surface area contributed by atoms with Crippen LogP contribution in [0.25, 0.3) is 0 Å². The Hall–Kier alpha value is -2.81. The van der Waals surface area contributed by atoms with E-state index in [0.717, 1.165) is 89.9 Å². The lowest BCUT2D eigenvalue weighted by Gasteiger charge is -2.28. The third-order valence-corrected chi connectivity index (χ3v) is 16.9. The molecule has 0 aromatic rings. The molecule has 500 valence electrons. The number of ether oxygens (including phenoxy) is 2. The topological polar surface area (TPSA) is 111 Å². The van der Waals surface area contributed by atoms with E-state index in [1.54, 1.807) is 0 Å². The van der Waals surface area contributed by atoms with Gasteiger partial charge in [0.05, 0.1) is 27.7 Å². The molecule has 2 atom stereocenters. The minimum Gasteiger partial charge on any atom is -0.756 e. The van der Waals surface area contributed by atoms with Crippen LogP contribution in [-0.2, 0) is 32.7 Å². The zero-order valence-corrected chi connectivity index (χ0v) is 57.9. The number of nitrogens with zero attached hydrogens (tertiary/aromatic N) is 1. The molecular formula is C76H138NO8P. The first-order chi connectivity index (χ1) is 42.0. The Morgan fingerprint density at radius 2 is 0.663 bits per heavy atom. The first-order valence-electron chi connectivity index (χ1n) is 36.3. The molecule has 0 N–H and O–H groups in total. The fourth-order valence-corrected chi connectivity index (χ4v) is 11.1. The molecule has 0 radical (unpaired) electrons. The van der Waals surface area contributed by atoms with Crippen molar-refractivity contribution in [3.63, 3.8) is 0 Å². The Bertz CT molecular complexity index is 1730. The minimum atomic E-state index is -4.65. The van der Waals surface area contributed by atoms with E-state index in [2.05, 4.69) is 98.9 Å². The molecule has 0 heterocycles. The number of phosphoric acid groups is 1. The lowest BCUT2D eigenvalue weighted by molar-refractivity contribution is -0.870. The summed E-state index contributed by atoms with van der Waals surface area (Å²) in [6.45, 7) is 4.17. The number of carbonyl (C=O) groups excluding carboxylic acids is 2. The fourth-order valence-electron chi connectivity index (χ4n) is 10.4. The summed E-state index contributed by atoms with van der Waals surface area (Å²) in [5.41, 5.74) is 0. The molecule has 0 spiro atoms. The number of quaternary nitrogens is 1. The summed E-state index contributed by atoms with van der Waals surface area (Å²) in [5.74, 6) is -0.829. The summed E-state index contributed by atoms with van der Waals surface area (Å²) in [6.07, 6.45) is 91.0. The van der Waals surface area contributed by atoms with Crippen molar-refractivity contribution in [2.45, 2.75) is 341 Å². The van der Waals surface area contributed by atoms with Gasteiger partial charge in [0.25, 0.3) is 7.82 Å². The normalized spacial score (nSPS) is 13.6. The molecule has 2 unspecified atom stereocenters. The Kier molecular flexibility index (Phi) is 64.4. The van der Waals surface area contributed by atoms with Crippen molar-refractivity contribution < 1.29 is 42.1 Å². The summed E-state index contributed by atoms with van der Waals surface area (Å²) in [6, 6.07) is 0. The third kappa shape index (κ3) is 70.3. The van der Waals surface area contributed by atoms with Gasteiger partial charge in [0, 0.05) is 12.8 Å². The van der Waals surface area contributed by atoms with Gasteiger partial charge in [-0.2, -0.15) is 0 Å². The molecular weight excluding hydrogens is 1090 g/mol. The molecule has 0 fully saturated rings. The summed E-state index contributed by atoms with van der Waals surface area (Å²) < 4.78 is 34.3. The van der Waals surface area contributed by atoms with Crippen molar-refractivity contribution in [2.75, 3.05) is 47.5 Å². The molecule has 0 saturated heterocycles. The molecule has 9 nitrogen and oxygen atoms in total. The lowest BCUT2D eigenvalue weighted by atomic mass is 10.0. The van der Waals surface area contributed by atoms with E-state index < -0.39 is 26.5 Å². The Labute approximate surface area is 532 Å². The van der Waals surface area contributed by atoms with Crippen LogP contribution in [-0.4, -0.2) is 70.0 Å². The highest BCUT2D eigenvalue weighted by atomic mass is 31.2. The predicted molar refractivity (Wildman–Crippen MR) is 369 cm³/mol. The van der Waals surface area contributed by atoms with Crippen molar-refractivity contribution in [3.8, 4) is 0 Å². The minimum absolute atomic E-state index is 0.0339. The number of phosphoric ester groups is 1. The van der Waals surface area contributed by atoms with Gasteiger partial charge in [-0.15, -0.1) is 0 Å². The molecule has 0 aromatic heterocycles. The monoisotopic (exact) mass is 1220 g/mol. The van der Waals surface area contributed by atoms with Gasteiger partial charge in [-0.25, -0.2) is 0 Å². The van der Waals surface area contributed by atoms with Crippen LogP contribution in [0.4, 0.5) is 0 Å². The molecule has 0 rings (SSSR count). The summed E-state index contributed by atoms with van der Waals surface area (Å²) in [7, 11) is 1.17. The zero-order valence-electron chi connectivity index (χ0n) is 57.0. The van der Waals surface area contributed by atoms with E-state index in [1.165, 1.54) is 212 Å². The SMILES string of the molecule is CC/C=C\C/C=C\C/C=C\C/C=C\C/C=C\C/C=C\C/C=C\CCCCCCCCCCCC(=O)OC(COC(=O)CCCCCCCCCCCCCCCCCCCCCCCCCCCCCCCCC)COP(=O)([O-])OCC[N+](C)(C)C. The van der Waals surface area contributed by atoms with Crippen LogP contribution >= 0.6 is 7.82 Å². The molecule has 10 heteroatoms. The van der Waals surface area contributed by atoms with Gasteiger partial charge < -0.3 is 27.9 Å². The molecule has 0 amide bonds. The highest BCUT2D eigenvalue weighted by Gasteiger charge is 2.22. The molecule has 0 saturated carbocycles. The van der Waals surface area contributed by atoms with E-state index in [4.69, 9.17) is 18.5 Å². The number of likely N-dealkylation sites (N-methyl/N-ethyl adjacent to an activating group) is 1. The maximum absolute atomic E-state index is 12.9. The van der Waals surface area contributed by atoms with Crippen molar-refractivity contribution in [3.05, 3.63) is 85.1 Å². The Morgan fingerprint density at radius 1 is 0.372 bits per heavy atom. The van der Waals surface area contributed by atoms with E-state index in [9.17, 15) is 19.0 Å². The van der Waals surface area contributed by atoms with E-state index in [-0.39, 0.29) is 32.0 Å². The molecule has 0 aliphatic carbocycles. The van der Waals surface area contributed by atoms with Crippen LogP contribution in [0.3, 0.4) is 0 Å². The maximum Gasteiger partial charge on any atom is 0.306 e. The van der Waals surface area contributed by atoms with Crippen LogP contribution < -0.4 is 4.89 Å². The number of rotatable bonds is 67. The van der Waals surface area contributed by atoms with E-state index in [0.29, 0.717) is 17.4 Å². The van der Waals surface area contributed by atoms with Crippen LogP contribution in [0.2, 0.25) is 0 Å². The largest absolute Gasteiger partial charge is 0.756 e. The molecule has 0 bridgehead atoms. The van der Waals surface area contributed by atoms with E-state index in [1.807, 2.05) is 21.1 Å². The van der Waals surface area contributed by atoms with Crippen LogP contribution in [0.15, 0.2) is 85.1 Å². The molecule has 0 aliphatic heterocycles. The van der Waals surface area contributed by atoms with Gasteiger partial charge in [-0.05, 0) is 70.6 Å². The fraction of sp³-hybridized carbons (Fsp3) is 0.789. The quantitative estimate of drug-likeness (QED) is 0.0195. The van der Waals surface area contributed by atoms with Gasteiger partial charge >= 0.3 is 11.9 Å². The van der Waals surface area contributed by atoms with Crippen LogP contribution in [0.1, 0.15) is 335 Å². The average molecular weight is 1220 g/mol. The van der Waals surface area contributed by atoms with E-state index >= 15 is 0 Å². The van der Waals surface area contributed by atoms with Crippen molar-refractivity contribution >= 4 is 19.8 Å². The number of allylic oxidation sites excluding steroid dienone is 14. The first-order valence-corrected chi connectivity index (χ1v) is 37.8. The molecule has 0 aromatic carbocycles. The first kappa shape index (κ1) is 83.2. The summed E-state index contributed by atoms with van der Waals surface area (Å²) in [4.78, 5) is 38.1. The number of unbranched alkanes of at least 4 members (excludes halogenated alkanes) is 39. The molecule has 86 heavy (non-hydrogen) atoms.